The number of hydrogen-bond donors (Lipinski definition) is 1. The van der Waals surface area contributed by atoms with Gasteiger partial charge in [-0.1, -0.05) is 38.1 Å². The molecule has 0 radical (unpaired) electrons. The molecule has 1 aromatic carbocycles. The lowest BCUT2D eigenvalue weighted by Crippen LogP contribution is -2.25. The maximum Gasteiger partial charge on any atom is 0.0979 e. The Morgan fingerprint density at radius 2 is 2.22 bits per heavy atom. The van der Waals surface area contributed by atoms with Crippen LogP contribution in [0.1, 0.15) is 50.3 Å². The Bertz CT molecular complexity index is 462. The minimum atomic E-state index is -0.649. The van der Waals surface area contributed by atoms with E-state index in [1.54, 1.807) is 0 Å². The molecule has 18 heavy (non-hydrogen) atoms. The summed E-state index contributed by atoms with van der Waals surface area (Å²) >= 11 is 0. The van der Waals surface area contributed by atoms with E-state index in [4.69, 9.17) is 0 Å². The fraction of sp³-hybridized carbons (Fsp3) is 0.562. The second-order valence-electron chi connectivity index (χ2n) is 5.57. The maximum atomic E-state index is 10.7. The highest BCUT2D eigenvalue weighted by atomic mass is 16.3. The summed E-state index contributed by atoms with van der Waals surface area (Å²) in [5, 5.41) is 20.2. The van der Waals surface area contributed by atoms with Crippen LogP contribution in [0.2, 0.25) is 0 Å². The van der Waals surface area contributed by atoms with Crippen LogP contribution in [0.4, 0.5) is 0 Å². The first kappa shape index (κ1) is 13.1. The van der Waals surface area contributed by atoms with E-state index >= 15 is 0 Å². The van der Waals surface area contributed by atoms with Gasteiger partial charge in [0.15, 0.2) is 0 Å². The molecular formula is C16H21NO. The molecule has 0 spiro atoms. The van der Waals surface area contributed by atoms with E-state index in [0.717, 1.165) is 36.8 Å². The quantitative estimate of drug-likeness (QED) is 0.881. The molecule has 1 fully saturated rings. The predicted molar refractivity (Wildman–Crippen MR) is 71.8 cm³/mol. The number of nitrogens with zero attached hydrogens (tertiary/aromatic N) is 1. The van der Waals surface area contributed by atoms with Gasteiger partial charge in [-0.25, -0.2) is 0 Å². The molecule has 1 saturated carbocycles. The molecule has 0 aromatic heterocycles. The first-order valence-corrected chi connectivity index (χ1v) is 6.80. The molecule has 2 rings (SSSR count). The van der Waals surface area contributed by atoms with E-state index < -0.39 is 11.5 Å². The largest absolute Gasteiger partial charge is 0.387 e. The van der Waals surface area contributed by atoms with Gasteiger partial charge >= 0.3 is 0 Å². The van der Waals surface area contributed by atoms with E-state index in [2.05, 4.69) is 19.9 Å². The Labute approximate surface area is 109 Å². The van der Waals surface area contributed by atoms with Crippen molar-refractivity contribution in [3.63, 3.8) is 0 Å². The molecule has 0 bridgehead atoms. The highest BCUT2D eigenvalue weighted by Crippen LogP contribution is 2.49. The molecule has 0 aliphatic heterocycles. The van der Waals surface area contributed by atoms with Gasteiger partial charge in [0.1, 0.15) is 0 Å². The summed E-state index contributed by atoms with van der Waals surface area (Å²) in [6.07, 6.45) is 2.90. The topological polar surface area (TPSA) is 44.0 Å². The summed E-state index contributed by atoms with van der Waals surface area (Å²) in [6.45, 7) is 4.25. The maximum absolute atomic E-state index is 10.7. The molecular weight excluding hydrogens is 222 g/mol. The van der Waals surface area contributed by atoms with Crippen LogP contribution in [-0.4, -0.2) is 5.11 Å². The van der Waals surface area contributed by atoms with Gasteiger partial charge in [0.2, 0.25) is 0 Å². The first-order chi connectivity index (χ1) is 8.63. The van der Waals surface area contributed by atoms with Gasteiger partial charge in [0, 0.05) is 0 Å². The molecule has 3 atom stereocenters. The van der Waals surface area contributed by atoms with Crippen LogP contribution in [0.25, 0.3) is 0 Å². The monoisotopic (exact) mass is 243 g/mol. The molecule has 3 unspecified atom stereocenters. The van der Waals surface area contributed by atoms with Crippen molar-refractivity contribution in [2.75, 3.05) is 0 Å². The lowest BCUT2D eigenvalue weighted by atomic mass is 9.77. The van der Waals surface area contributed by atoms with Crippen molar-refractivity contribution in [2.45, 2.75) is 45.6 Å². The van der Waals surface area contributed by atoms with Crippen molar-refractivity contribution in [3.8, 4) is 6.07 Å². The lowest BCUT2D eigenvalue weighted by molar-refractivity contribution is 0.0640. The van der Waals surface area contributed by atoms with E-state index in [9.17, 15) is 10.4 Å². The van der Waals surface area contributed by atoms with E-state index in [1.165, 1.54) is 0 Å². The van der Waals surface area contributed by atoms with E-state index in [-0.39, 0.29) is 0 Å². The number of rotatable bonds is 3. The normalized spacial score (nSPS) is 28.9. The lowest BCUT2D eigenvalue weighted by Gasteiger charge is -2.29. The molecule has 0 amide bonds. The van der Waals surface area contributed by atoms with E-state index in [0.29, 0.717) is 5.92 Å². The van der Waals surface area contributed by atoms with Crippen LogP contribution < -0.4 is 0 Å². The predicted octanol–water partition coefficient (Wildman–Crippen LogP) is 3.61. The van der Waals surface area contributed by atoms with Gasteiger partial charge in [-0.3, -0.25) is 0 Å². The molecule has 1 aromatic rings. The number of nitriles is 1. The van der Waals surface area contributed by atoms with Gasteiger partial charge in [-0.15, -0.1) is 0 Å². The smallest absolute Gasteiger partial charge is 0.0979 e. The SMILES string of the molecule is CCc1ccccc1C(O)C1(C#N)CCC(C)C1. The average molecular weight is 243 g/mol. The van der Waals surface area contributed by atoms with Crippen LogP contribution in [-0.2, 0) is 6.42 Å². The molecule has 0 saturated heterocycles. The molecule has 2 heteroatoms. The standard InChI is InChI=1S/C16H21NO/c1-3-13-6-4-5-7-14(13)15(18)16(11-17)9-8-12(2)10-16/h4-7,12,15,18H,3,8-10H2,1-2H3. The molecule has 0 heterocycles. The second kappa shape index (κ2) is 5.12. The third-order valence-electron chi connectivity index (χ3n) is 4.27. The van der Waals surface area contributed by atoms with Gasteiger partial charge < -0.3 is 5.11 Å². The number of aryl methyl sites for hydroxylation is 1. The Morgan fingerprint density at radius 3 is 2.78 bits per heavy atom. The average Bonchev–Trinajstić information content (AvgIpc) is 2.80. The zero-order valence-electron chi connectivity index (χ0n) is 11.2. The van der Waals surface area contributed by atoms with Crippen molar-refractivity contribution in [3.05, 3.63) is 35.4 Å². The van der Waals surface area contributed by atoms with Crippen molar-refractivity contribution in [1.82, 2.24) is 0 Å². The number of aliphatic hydroxyl groups is 1. The van der Waals surface area contributed by atoms with Crippen LogP contribution in [0.5, 0.6) is 0 Å². The summed E-state index contributed by atoms with van der Waals surface area (Å²) in [5.41, 5.74) is 1.51. The van der Waals surface area contributed by atoms with Gasteiger partial charge in [0.25, 0.3) is 0 Å². The minimum absolute atomic E-state index is 0.535. The van der Waals surface area contributed by atoms with E-state index in [1.807, 2.05) is 24.3 Å². The zero-order chi connectivity index (χ0) is 13.2. The third kappa shape index (κ3) is 2.15. The fourth-order valence-electron chi connectivity index (χ4n) is 3.16. The number of aliphatic hydroxyl groups excluding tert-OH is 1. The fourth-order valence-corrected chi connectivity index (χ4v) is 3.16. The highest BCUT2D eigenvalue weighted by molar-refractivity contribution is 5.32. The summed E-state index contributed by atoms with van der Waals surface area (Å²) in [6, 6.07) is 10.4. The van der Waals surface area contributed by atoms with Crippen molar-refractivity contribution in [1.29, 1.82) is 5.26 Å². The Hall–Kier alpha value is -1.33. The van der Waals surface area contributed by atoms with Crippen molar-refractivity contribution >= 4 is 0 Å². The minimum Gasteiger partial charge on any atom is -0.387 e. The number of benzene rings is 1. The molecule has 96 valence electrons. The first-order valence-electron chi connectivity index (χ1n) is 6.80. The Kier molecular flexibility index (Phi) is 3.73. The van der Waals surface area contributed by atoms with Crippen LogP contribution in [0.15, 0.2) is 24.3 Å². The Morgan fingerprint density at radius 1 is 1.50 bits per heavy atom. The van der Waals surface area contributed by atoms with Gasteiger partial charge in [0.05, 0.1) is 17.6 Å². The highest BCUT2D eigenvalue weighted by Gasteiger charge is 2.44. The van der Waals surface area contributed by atoms with Gasteiger partial charge in [-0.2, -0.15) is 5.26 Å². The molecule has 1 N–H and O–H groups in total. The number of hydrogen-bond acceptors (Lipinski definition) is 2. The summed E-state index contributed by atoms with van der Waals surface area (Å²) in [7, 11) is 0. The Balaban J connectivity index is 2.36. The van der Waals surface area contributed by atoms with Gasteiger partial charge in [-0.05, 0) is 42.7 Å². The summed E-state index contributed by atoms with van der Waals surface area (Å²) in [4.78, 5) is 0. The third-order valence-corrected chi connectivity index (χ3v) is 4.27. The molecule has 2 nitrogen and oxygen atoms in total. The van der Waals surface area contributed by atoms with Crippen molar-refractivity contribution < 1.29 is 5.11 Å². The molecule has 1 aliphatic carbocycles. The van der Waals surface area contributed by atoms with Crippen LogP contribution in [0.3, 0.4) is 0 Å². The molecule has 1 aliphatic rings. The zero-order valence-corrected chi connectivity index (χ0v) is 11.2. The van der Waals surface area contributed by atoms with Crippen LogP contribution in [0, 0.1) is 22.7 Å². The van der Waals surface area contributed by atoms with Crippen molar-refractivity contribution in [2.24, 2.45) is 11.3 Å². The summed E-state index contributed by atoms with van der Waals surface area (Å²) < 4.78 is 0. The summed E-state index contributed by atoms with van der Waals surface area (Å²) in [5.74, 6) is 0.535. The second-order valence-corrected chi connectivity index (χ2v) is 5.57. The van der Waals surface area contributed by atoms with Crippen LogP contribution >= 0.6 is 0 Å².